The van der Waals surface area contributed by atoms with Crippen LogP contribution in [0.5, 0.6) is 0 Å². The van der Waals surface area contributed by atoms with E-state index in [-0.39, 0.29) is 5.97 Å². The predicted octanol–water partition coefficient (Wildman–Crippen LogP) is 6.27. The van der Waals surface area contributed by atoms with Crippen molar-refractivity contribution < 1.29 is 9.53 Å². The standard InChI is InChI=1S/C25H20O2/c1-17-7-3-4-10-21(17)23-12-6-9-19-8-5-11-22(24(19)23)18-13-15-20(16-14-18)25(26)27-2/h3-16H,1-2H3. The van der Waals surface area contributed by atoms with Crippen molar-refractivity contribution in [2.75, 3.05) is 7.11 Å². The van der Waals surface area contributed by atoms with Crippen molar-refractivity contribution in [2.45, 2.75) is 6.92 Å². The minimum atomic E-state index is -0.319. The molecule has 0 bridgehead atoms. The van der Waals surface area contributed by atoms with Crippen molar-refractivity contribution in [1.29, 1.82) is 0 Å². The predicted molar refractivity (Wildman–Crippen MR) is 111 cm³/mol. The van der Waals surface area contributed by atoms with Crippen LogP contribution in [0.15, 0.2) is 84.9 Å². The van der Waals surface area contributed by atoms with E-state index in [1.54, 1.807) is 0 Å². The monoisotopic (exact) mass is 352 g/mol. The number of rotatable bonds is 3. The van der Waals surface area contributed by atoms with Crippen molar-refractivity contribution in [1.82, 2.24) is 0 Å². The van der Waals surface area contributed by atoms with Gasteiger partial charge >= 0.3 is 5.97 Å². The van der Waals surface area contributed by atoms with Crippen molar-refractivity contribution in [2.24, 2.45) is 0 Å². The molecule has 27 heavy (non-hydrogen) atoms. The minimum absolute atomic E-state index is 0.319. The lowest BCUT2D eigenvalue weighted by atomic mass is 9.90. The van der Waals surface area contributed by atoms with Gasteiger partial charge in [-0.05, 0) is 57.6 Å². The molecule has 132 valence electrons. The van der Waals surface area contributed by atoms with Gasteiger partial charge in [-0.3, -0.25) is 0 Å². The highest BCUT2D eigenvalue weighted by Crippen LogP contribution is 2.37. The lowest BCUT2D eigenvalue weighted by Crippen LogP contribution is -2.00. The molecule has 0 fully saturated rings. The molecule has 0 spiro atoms. The van der Waals surface area contributed by atoms with Crippen molar-refractivity contribution >= 4 is 16.7 Å². The Morgan fingerprint density at radius 1 is 0.704 bits per heavy atom. The van der Waals surface area contributed by atoms with Gasteiger partial charge in [-0.25, -0.2) is 4.79 Å². The molecular formula is C25H20O2. The molecule has 0 aliphatic carbocycles. The summed E-state index contributed by atoms with van der Waals surface area (Å²) in [4.78, 5) is 11.7. The van der Waals surface area contributed by atoms with Crippen LogP contribution in [0.1, 0.15) is 15.9 Å². The van der Waals surface area contributed by atoms with Gasteiger partial charge in [-0.1, -0.05) is 72.8 Å². The molecule has 0 atom stereocenters. The molecular weight excluding hydrogens is 332 g/mol. The molecule has 0 saturated carbocycles. The molecule has 2 nitrogen and oxygen atoms in total. The number of carbonyl (C=O) groups excluding carboxylic acids is 1. The van der Waals surface area contributed by atoms with Gasteiger partial charge < -0.3 is 4.74 Å². The zero-order valence-corrected chi connectivity index (χ0v) is 15.4. The third-order valence-corrected chi connectivity index (χ3v) is 4.96. The number of ether oxygens (including phenoxy) is 1. The van der Waals surface area contributed by atoms with E-state index in [0.717, 1.165) is 11.1 Å². The molecule has 4 aromatic carbocycles. The quantitative estimate of drug-likeness (QED) is 0.406. The number of carbonyl (C=O) groups is 1. The Hall–Kier alpha value is -3.39. The van der Waals surface area contributed by atoms with Crippen LogP contribution in [0.25, 0.3) is 33.0 Å². The Kier molecular flexibility index (Phi) is 4.47. The Bertz CT molecular complexity index is 1120. The first kappa shape index (κ1) is 17.0. The van der Waals surface area contributed by atoms with E-state index in [2.05, 4.69) is 67.6 Å². The average Bonchev–Trinajstić information content (AvgIpc) is 2.73. The Labute approximate surface area is 159 Å². The second-order valence-electron chi connectivity index (χ2n) is 6.59. The highest BCUT2D eigenvalue weighted by atomic mass is 16.5. The molecule has 0 aliphatic rings. The fourth-order valence-corrected chi connectivity index (χ4v) is 3.58. The Morgan fingerprint density at radius 3 is 2.00 bits per heavy atom. The fraction of sp³-hybridized carbons (Fsp3) is 0.0800. The fourth-order valence-electron chi connectivity index (χ4n) is 3.58. The van der Waals surface area contributed by atoms with Gasteiger partial charge in [0, 0.05) is 0 Å². The van der Waals surface area contributed by atoms with Crippen molar-refractivity contribution in [3.63, 3.8) is 0 Å². The first-order valence-electron chi connectivity index (χ1n) is 8.95. The third kappa shape index (κ3) is 3.11. The molecule has 0 amide bonds. The number of fused-ring (bicyclic) bond motifs is 1. The van der Waals surface area contributed by atoms with Crippen LogP contribution in [0.4, 0.5) is 0 Å². The zero-order chi connectivity index (χ0) is 18.8. The van der Waals surface area contributed by atoms with Crippen molar-refractivity contribution in [3.05, 3.63) is 96.1 Å². The summed E-state index contributed by atoms with van der Waals surface area (Å²) < 4.78 is 4.80. The normalized spacial score (nSPS) is 10.7. The molecule has 0 unspecified atom stereocenters. The molecule has 0 radical (unpaired) electrons. The van der Waals surface area contributed by atoms with Gasteiger partial charge in [0.25, 0.3) is 0 Å². The third-order valence-electron chi connectivity index (χ3n) is 4.96. The first-order chi connectivity index (χ1) is 13.2. The van der Waals surface area contributed by atoms with E-state index < -0.39 is 0 Å². The zero-order valence-electron chi connectivity index (χ0n) is 15.4. The Morgan fingerprint density at radius 2 is 1.33 bits per heavy atom. The number of benzene rings is 4. The van der Waals surface area contributed by atoms with Crippen LogP contribution in [0.2, 0.25) is 0 Å². The van der Waals surface area contributed by atoms with Gasteiger partial charge in [0.2, 0.25) is 0 Å². The second kappa shape index (κ2) is 7.08. The van der Waals surface area contributed by atoms with Crippen LogP contribution in [-0.4, -0.2) is 13.1 Å². The van der Waals surface area contributed by atoms with E-state index in [1.807, 2.05) is 24.3 Å². The molecule has 0 heterocycles. The summed E-state index contributed by atoms with van der Waals surface area (Å²) in [7, 11) is 1.40. The maximum atomic E-state index is 11.7. The van der Waals surface area contributed by atoms with Gasteiger partial charge in [0.1, 0.15) is 0 Å². The molecule has 0 N–H and O–H groups in total. The van der Waals surface area contributed by atoms with Crippen LogP contribution < -0.4 is 0 Å². The van der Waals surface area contributed by atoms with Crippen LogP contribution in [0.3, 0.4) is 0 Å². The van der Waals surface area contributed by atoms with Gasteiger partial charge in [0.15, 0.2) is 0 Å². The number of esters is 1. The second-order valence-corrected chi connectivity index (χ2v) is 6.59. The molecule has 4 rings (SSSR count). The van der Waals surface area contributed by atoms with Gasteiger partial charge in [-0.2, -0.15) is 0 Å². The van der Waals surface area contributed by atoms with Crippen LogP contribution >= 0.6 is 0 Å². The first-order valence-corrected chi connectivity index (χ1v) is 8.95. The summed E-state index contributed by atoms with van der Waals surface area (Å²) in [6.45, 7) is 2.14. The summed E-state index contributed by atoms with van der Waals surface area (Å²) in [5, 5.41) is 2.42. The number of hydrogen-bond acceptors (Lipinski definition) is 2. The van der Waals surface area contributed by atoms with E-state index in [0.29, 0.717) is 5.56 Å². The highest BCUT2D eigenvalue weighted by molar-refractivity contribution is 6.07. The highest BCUT2D eigenvalue weighted by Gasteiger charge is 2.12. The van der Waals surface area contributed by atoms with E-state index >= 15 is 0 Å². The largest absolute Gasteiger partial charge is 0.465 e. The minimum Gasteiger partial charge on any atom is -0.465 e. The summed E-state index contributed by atoms with van der Waals surface area (Å²) in [6, 6.07) is 28.8. The van der Waals surface area contributed by atoms with Crippen LogP contribution in [0, 0.1) is 6.92 Å². The summed E-state index contributed by atoms with van der Waals surface area (Å²) in [6.07, 6.45) is 0. The molecule has 2 heteroatoms. The number of aryl methyl sites for hydroxylation is 1. The maximum Gasteiger partial charge on any atom is 0.337 e. The van der Waals surface area contributed by atoms with Crippen molar-refractivity contribution in [3.8, 4) is 22.3 Å². The summed E-state index contributed by atoms with van der Waals surface area (Å²) >= 11 is 0. The summed E-state index contributed by atoms with van der Waals surface area (Å²) in [5.74, 6) is -0.319. The van der Waals surface area contributed by atoms with E-state index in [4.69, 9.17) is 4.74 Å². The lowest BCUT2D eigenvalue weighted by Gasteiger charge is -2.14. The lowest BCUT2D eigenvalue weighted by molar-refractivity contribution is 0.0601. The van der Waals surface area contributed by atoms with E-state index in [1.165, 1.54) is 34.6 Å². The summed E-state index contributed by atoms with van der Waals surface area (Å²) in [5.41, 5.74) is 6.50. The topological polar surface area (TPSA) is 26.3 Å². The number of methoxy groups -OCH3 is 1. The Balaban J connectivity index is 1.94. The molecule has 4 aromatic rings. The maximum absolute atomic E-state index is 11.7. The molecule has 0 aliphatic heterocycles. The van der Waals surface area contributed by atoms with Crippen LogP contribution in [-0.2, 0) is 4.74 Å². The average molecular weight is 352 g/mol. The van der Waals surface area contributed by atoms with Gasteiger partial charge in [0.05, 0.1) is 12.7 Å². The molecule has 0 saturated heterocycles. The SMILES string of the molecule is COC(=O)c1ccc(-c2cccc3cccc(-c4ccccc4C)c23)cc1. The number of hydrogen-bond donors (Lipinski definition) is 0. The van der Waals surface area contributed by atoms with Gasteiger partial charge in [-0.15, -0.1) is 0 Å². The molecule has 0 aromatic heterocycles. The smallest absolute Gasteiger partial charge is 0.337 e. The van der Waals surface area contributed by atoms with E-state index in [9.17, 15) is 4.79 Å².